The summed E-state index contributed by atoms with van der Waals surface area (Å²) in [5.74, 6) is -3.59. The number of hydrogen-bond donors (Lipinski definition) is 4. The van der Waals surface area contributed by atoms with Crippen LogP contribution in [0.1, 0.15) is 37.3 Å². The van der Waals surface area contributed by atoms with Gasteiger partial charge in [-0.3, -0.25) is 15.0 Å². The lowest BCUT2D eigenvalue weighted by atomic mass is 10.0. The van der Waals surface area contributed by atoms with E-state index in [1.54, 1.807) is 25.1 Å². The number of alkyl halides is 2. The summed E-state index contributed by atoms with van der Waals surface area (Å²) < 4.78 is 35.5. The molecule has 1 atom stereocenters. The van der Waals surface area contributed by atoms with Crippen LogP contribution in [0.5, 0.6) is 5.75 Å². The number of nitrogens with zero attached hydrogens (tertiary/aromatic N) is 3. The predicted octanol–water partition coefficient (Wildman–Crippen LogP) is -0.0290. The molecule has 1 saturated carbocycles. The van der Waals surface area contributed by atoms with Crippen molar-refractivity contribution in [2.75, 3.05) is 19.8 Å². The number of ether oxygens (including phenoxy) is 1. The number of piperidine rings is 1. The highest BCUT2D eigenvalue weighted by Gasteiger charge is 2.49. The molecule has 36 heavy (non-hydrogen) atoms. The van der Waals surface area contributed by atoms with E-state index in [0.717, 1.165) is 29.0 Å². The Morgan fingerprint density at radius 3 is 2.72 bits per heavy atom. The van der Waals surface area contributed by atoms with Crippen LogP contribution in [0.2, 0.25) is 0 Å². The zero-order valence-electron chi connectivity index (χ0n) is 20.2. The third-order valence-electron chi connectivity index (χ3n) is 6.09. The molecule has 2 aliphatic heterocycles. The van der Waals surface area contributed by atoms with E-state index in [-0.39, 0.29) is 30.6 Å². The van der Waals surface area contributed by atoms with Crippen molar-refractivity contribution in [3.8, 4) is 5.75 Å². The van der Waals surface area contributed by atoms with Crippen LogP contribution in [-0.4, -0.2) is 66.0 Å². The summed E-state index contributed by atoms with van der Waals surface area (Å²) in [6, 6.07) is 5.21. The molecule has 0 radical (unpaired) electrons. The van der Waals surface area contributed by atoms with E-state index in [9.17, 15) is 18.4 Å². The van der Waals surface area contributed by atoms with Gasteiger partial charge in [0.2, 0.25) is 11.7 Å². The number of aliphatic imine (C=N–C) groups is 2. The standard InChI is InChI=1S/C24H29F2N7O3/c1-13-9-16(17-10-20(30-12-29-17)32-22(34)15-3-4-15)5-6-18(13)36-19-7-8-33(11-24(19,25)26)23(35)21(28)31-14(2)27/h5-6,9-10,15,19,29H,3-4,7-8,11-12H2,1-2H3,(H3,27,28,31)(H,30,32,34)/p+1/t19-/m0/s1. The lowest BCUT2D eigenvalue weighted by molar-refractivity contribution is -0.163. The molecule has 2 amide bonds. The Bertz CT molecular complexity index is 1170. The van der Waals surface area contributed by atoms with Gasteiger partial charge in [0.1, 0.15) is 18.3 Å². The molecule has 2 fully saturated rings. The number of halogens is 2. The predicted molar refractivity (Wildman–Crippen MR) is 130 cm³/mol. The minimum absolute atomic E-state index is 0.0253. The van der Waals surface area contributed by atoms with Crippen LogP contribution in [-0.2, 0) is 9.59 Å². The average molecular weight is 503 g/mol. The average Bonchev–Trinajstić information content (AvgIpc) is 3.66. The smallest absolute Gasteiger partial charge is 0.381 e. The van der Waals surface area contributed by atoms with Gasteiger partial charge >= 0.3 is 17.7 Å². The Kier molecular flexibility index (Phi) is 7.04. The molecule has 10 nitrogen and oxygen atoms in total. The molecule has 1 aromatic rings. The Balaban J connectivity index is 1.41. The van der Waals surface area contributed by atoms with Crippen molar-refractivity contribution in [1.82, 2.24) is 15.5 Å². The van der Waals surface area contributed by atoms with Gasteiger partial charge in [-0.25, -0.2) is 13.8 Å². The molecular formula is C24H30F2N7O3+. The number of nitrogens with one attached hydrogen (secondary N) is 2. The Hall–Kier alpha value is -3.83. The number of amidine groups is 3. The maximum atomic E-state index is 14.9. The normalized spacial score (nSPS) is 21.6. The number of carbonyl (C=O) groups excluding carboxylic acids is 2. The summed E-state index contributed by atoms with van der Waals surface area (Å²) in [6.45, 7) is 2.74. The van der Waals surface area contributed by atoms with E-state index in [2.05, 4.69) is 20.6 Å². The van der Waals surface area contributed by atoms with E-state index >= 15 is 0 Å². The van der Waals surface area contributed by atoms with Gasteiger partial charge in [0.05, 0.1) is 6.54 Å². The highest BCUT2D eigenvalue weighted by molar-refractivity contribution is 6.37. The molecule has 3 aliphatic rings. The lowest BCUT2D eigenvalue weighted by Crippen LogP contribution is -2.59. The van der Waals surface area contributed by atoms with Crippen LogP contribution in [0.4, 0.5) is 8.78 Å². The van der Waals surface area contributed by atoms with Crippen LogP contribution in [0.15, 0.2) is 34.3 Å². The quantitative estimate of drug-likeness (QED) is 0.337. The number of aryl methyl sites for hydroxylation is 1. The van der Waals surface area contributed by atoms with Gasteiger partial charge in [0.15, 0.2) is 6.10 Å². The molecule has 4 rings (SSSR count). The number of rotatable bonds is 4. The summed E-state index contributed by atoms with van der Waals surface area (Å²) in [4.78, 5) is 33.2. The van der Waals surface area contributed by atoms with Crippen molar-refractivity contribution < 1.29 is 28.5 Å². The first-order valence-electron chi connectivity index (χ1n) is 11.7. The molecule has 1 aromatic carbocycles. The second kappa shape index (κ2) is 10.0. The van der Waals surface area contributed by atoms with Crippen molar-refractivity contribution in [2.24, 2.45) is 21.6 Å². The lowest BCUT2D eigenvalue weighted by Gasteiger charge is -2.37. The molecule has 6 N–H and O–H groups in total. The van der Waals surface area contributed by atoms with E-state index in [0.29, 0.717) is 23.8 Å². The van der Waals surface area contributed by atoms with Gasteiger partial charge in [-0.05, 0) is 54.1 Å². The monoisotopic (exact) mass is 502 g/mol. The zero-order chi connectivity index (χ0) is 26.0. The van der Waals surface area contributed by atoms with E-state index in [1.807, 2.05) is 6.07 Å². The van der Waals surface area contributed by atoms with E-state index in [1.165, 1.54) is 6.92 Å². The largest absolute Gasteiger partial charge is 0.484 e. The summed E-state index contributed by atoms with van der Waals surface area (Å²) in [5, 5.41) is 11.6. The number of carbonyl (C=O) groups is 2. The summed E-state index contributed by atoms with van der Waals surface area (Å²) in [6.07, 6.45) is 2.07. The molecule has 192 valence electrons. The third kappa shape index (κ3) is 5.86. The SMILES string of the molecule is CC(N)=NC(=[NH2+])C(=O)N1CC[C@H](Oc2ccc(C3=CC(NC(=O)C4CC4)=NCN3)cc2C)C(F)(F)C1. The van der Waals surface area contributed by atoms with Gasteiger partial charge in [-0.1, -0.05) is 0 Å². The van der Waals surface area contributed by atoms with Crippen LogP contribution in [0, 0.1) is 12.8 Å². The fourth-order valence-electron chi connectivity index (χ4n) is 4.02. The zero-order valence-corrected chi connectivity index (χ0v) is 20.2. The highest BCUT2D eigenvalue weighted by Crippen LogP contribution is 2.33. The Labute approximate surface area is 207 Å². The number of amides is 2. The number of nitrogens with two attached hydrogens (primary N) is 2. The maximum absolute atomic E-state index is 14.9. The molecule has 1 aliphatic carbocycles. The van der Waals surface area contributed by atoms with Crippen LogP contribution < -0.4 is 26.5 Å². The number of likely N-dealkylation sites (tertiary alicyclic amines) is 1. The fraction of sp³-hybridized carbons (Fsp3) is 0.458. The highest BCUT2D eigenvalue weighted by atomic mass is 19.3. The summed E-state index contributed by atoms with van der Waals surface area (Å²) in [5.41, 5.74) is 7.64. The summed E-state index contributed by atoms with van der Waals surface area (Å²) >= 11 is 0. The Morgan fingerprint density at radius 1 is 1.33 bits per heavy atom. The molecule has 0 aromatic heterocycles. The number of benzene rings is 1. The van der Waals surface area contributed by atoms with Crippen molar-refractivity contribution in [2.45, 2.75) is 45.1 Å². The van der Waals surface area contributed by atoms with Gasteiger partial charge in [0.25, 0.3) is 0 Å². The molecular weight excluding hydrogens is 472 g/mol. The second-order valence-electron chi connectivity index (χ2n) is 9.20. The summed E-state index contributed by atoms with van der Waals surface area (Å²) in [7, 11) is 0. The van der Waals surface area contributed by atoms with Gasteiger partial charge in [-0.2, -0.15) is 0 Å². The third-order valence-corrected chi connectivity index (χ3v) is 6.09. The second-order valence-corrected chi connectivity index (χ2v) is 9.20. The molecule has 0 spiro atoms. The molecule has 0 unspecified atom stereocenters. The fourth-order valence-corrected chi connectivity index (χ4v) is 4.02. The van der Waals surface area contributed by atoms with Crippen molar-refractivity contribution in [1.29, 1.82) is 0 Å². The maximum Gasteiger partial charge on any atom is 0.381 e. The van der Waals surface area contributed by atoms with E-state index in [4.69, 9.17) is 15.9 Å². The van der Waals surface area contributed by atoms with Crippen molar-refractivity contribution in [3.05, 3.63) is 35.4 Å². The molecule has 12 heteroatoms. The van der Waals surface area contributed by atoms with E-state index < -0.39 is 30.3 Å². The van der Waals surface area contributed by atoms with Gasteiger partial charge in [0, 0.05) is 37.6 Å². The number of hydrogen-bond acceptors (Lipinski definition) is 5. The van der Waals surface area contributed by atoms with Crippen LogP contribution in [0.3, 0.4) is 0 Å². The molecule has 1 saturated heterocycles. The minimum Gasteiger partial charge on any atom is -0.484 e. The minimum atomic E-state index is -3.29. The topological polar surface area (TPSA) is 147 Å². The Morgan fingerprint density at radius 2 is 2.08 bits per heavy atom. The first-order chi connectivity index (χ1) is 17.0. The van der Waals surface area contributed by atoms with Crippen LogP contribution >= 0.6 is 0 Å². The van der Waals surface area contributed by atoms with Crippen molar-refractivity contribution >= 4 is 35.0 Å². The molecule has 2 heterocycles. The first-order valence-corrected chi connectivity index (χ1v) is 11.7. The first kappa shape index (κ1) is 25.3. The van der Waals surface area contributed by atoms with Crippen molar-refractivity contribution in [3.63, 3.8) is 0 Å². The van der Waals surface area contributed by atoms with Gasteiger partial charge < -0.3 is 26.0 Å². The van der Waals surface area contributed by atoms with Gasteiger partial charge in [-0.15, -0.1) is 0 Å². The van der Waals surface area contributed by atoms with Crippen LogP contribution in [0.25, 0.3) is 5.70 Å². The molecule has 0 bridgehead atoms.